The minimum absolute atomic E-state index is 0.641. The van der Waals surface area contributed by atoms with Crippen LogP contribution in [0.2, 0.25) is 0 Å². The highest BCUT2D eigenvalue weighted by Crippen LogP contribution is 1.68. The Labute approximate surface area is 49.4 Å². The molecule has 8 heavy (non-hydrogen) atoms. The van der Waals surface area contributed by atoms with Gasteiger partial charge in [0.2, 0.25) is 0 Å². The number of nitrogens with zero attached hydrogens (tertiary/aromatic N) is 1. The molecular weight excluding hydrogens is 100 g/mol. The summed E-state index contributed by atoms with van der Waals surface area (Å²) in [4.78, 5) is 3.87. The minimum Gasteiger partial charge on any atom is -0.405 e. The Morgan fingerprint density at radius 3 is 2.88 bits per heavy atom. The Morgan fingerprint density at radius 2 is 2.38 bits per heavy atom. The van der Waals surface area contributed by atoms with E-state index in [4.69, 9.17) is 5.73 Å². The van der Waals surface area contributed by atoms with E-state index in [0.717, 1.165) is 0 Å². The van der Waals surface area contributed by atoms with Gasteiger partial charge in [0.15, 0.2) is 0 Å². The molecule has 0 atom stereocenters. The summed E-state index contributed by atoms with van der Waals surface area (Å²) in [7, 11) is 0. The summed E-state index contributed by atoms with van der Waals surface area (Å²) in [5.74, 6) is 0. The SMILES string of the molecule is C=CC=NC/C=C\N. The highest BCUT2D eigenvalue weighted by Gasteiger charge is 1.62. The molecule has 0 fully saturated rings. The van der Waals surface area contributed by atoms with Crippen LogP contribution in [0.5, 0.6) is 0 Å². The van der Waals surface area contributed by atoms with E-state index in [-0.39, 0.29) is 0 Å². The normalized spacial score (nSPS) is 11.0. The average molecular weight is 110 g/mol. The predicted molar refractivity (Wildman–Crippen MR) is 36.9 cm³/mol. The predicted octanol–water partition coefficient (Wildman–Crippen LogP) is 0.716. The summed E-state index contributed by atoms with van der Waals surface area (Å²) in [6.07, 6.45) is 6.50. The van der Waals surface area contributed by atoms with Gasteiger partial charge >= 0.3 is 0 Å². The molecule has 0 aromatic heterocycles. The van der Waals surface area contributed by atoms with Gasteiger partial charge in [-0.05, 0) is 12.3 Å². The monoisotopic (exact) mass is 110 g/mol. The van der Waals surface area contributed by atoms with Crippen molar-refractivity contribution in [2.45, 2.75) is 0 Å². The quantitative estimate of drug-likeness (QED) is 0.534. The molecule has 0 aliphatic heterocycles. The lowest BCUT2D eigenvalue weighted by molar-refractivity contribution is 1.25. The lowest BCUT2D eigenvalue weighted by atomic mass is 10.6. The van der Waals surface area contributed by atoms with Gasteiger partial charge < -0.3 is 5.73 Å². The number of hydrogen-bond acceptors (Lipinski definition) is 2. The minimum atomic E-state index is 0.641. The molecule has 0 saturated heterocycles. The molecule has 0 heterocycles. The van der Waals surface area contributed by atoms with Crippen molar-refractivity contribution >= 4 is 6.21 Å². The smallest absolute Gasteiger partial charge is 0.0586 e. The van der Waals surface area contributed by atoms with E-state index in [1.165, 1.54) is 6.20 Å². The van der Waals surface area contributed by atoms with Gasteiger partial charge in [-0.3, -0.25) is 4.99 Å². The third-order valence-corrected chi connectivity index (χ3v) is 0.558. The van der Waals surface area contributed by atoms with Crippen LogP contribution in [0.4, 0.5) is 0 Å². The fourth-order valence-corrected chi connectivity index (χ4v) is 0.257. The second-order valence-electron chi connectivity index (χ2n) is 1.18. The van der Waals surface area contributed by atoms with E-state index in [1.54, 1.807) is 18.4 Å². The van der Waals surface area contributed by atoms with Gasteiger partial charge in [0.25, 0.3) is 0 Å². The summed E-state index contributed by atoms with van der Waals surface area (Å²) >= 11 is 0. The standard InChI is InChI=1S/C6H10N2/c1-2-5-8-6-3-4-7/h2-5H,1,6-7H2/b4-3-,8-5?. The van der Waals surface area contributed by atoms with Crippen LogP contribution in [0.3, 0.4) is 0 Å². The van der Waals surface area contributed by atoms with Crippen LogP contribution in [-0.4, -0.2) is 12.8 Å². The first-order valence-corrected chi connectivity index (χ1v) is 2.39. The molecule has 0 saturated carbocycles. The molecule has 2 nitrogen and oxygen atoms in total. The maximum Gasteiger partial charge on any atom is 0.0586 e. The van der Waals surface area contributed by atoms with Gasteiger partial charge in [-0.2, -0.15) is 0 Å². The Bertz CT molecular complexity index is 103. The molecule has 44 valence electrons. The maximum absolute atomic E-state index is 5.03. The molecule has 2 heteroatoms. The van der Waals surface area contributed by atoms with E-state index in [2.05, 4.69) is 11.6 Å². The van der Waals surface area contributed by atoms with E-state index in [9.17, 15) is 0 Å². The summed E-state index contributed by atoms with van der Waals surface area (Å²) in [6.45, 7) is 4.10. The van der Waals surface area contributed by atoms with E-state index < -0.39 is 0 Å². The van der Waals surface area contributed by atoms with Gasteiger partial charge in [0, 0.05) is 6.21 Å². The molecule has 0 spiro atoms. The van der Waals surface area contributed by atoms with Crippen molar-refractivity contribution in [3.05, 3.63) is 24.9 Å². The first kappa shape index (κ1) is 6.95. The van der Waals surface area contributed by atoms with Crippen molar-refractivity contribution in [3.8, 4) is 0 Å². The van der Waals surface area contributed by atoms with Crippen LogP contribution in [0.1, 0.15) is 0 Å². The van der Waals surface area contributed by atoms with Crippen LogP contribution in [0.15, 0.2) is 29.9 Å². The number of rotatable bonds is 3. The Balaban J connectivity index is 3.15. The zero-order valence-electron chi connectivity index (χ0n) is 4.75. The Morgan fingerprint density at radius 1 is 1.62 bits per heavy atom. The Hall–Kier alpha value is -1.05. The van der Waals surface area contributed by atoms with Crippen molar-refractivity contribution in [1.29, 1.82) is 0 Å². The third kappa shape index (κ3) is 4.95. The first-order chi connectivity index (χ1) is 3.91. The van der Waals surface area contributed by atoms with Crippen LogP contribution in [0.25, 0.3) is 0 Å². The highest BCUT2D eigenvalue weighted by atomic mass is 14.7. The van der Waals surface area contributed by atoms with Crippen molar-refractivity contribution in [2.24, 2.45) is 10.7 Å². The fraction of sp³-hybridized carbons (Fsp3) is 0.167. The topological polar surface area (TPSA) is 38.4 Å². The largest absolute Gasteiger partial charge is 0.405 e. The molecule has 0 rings (SSSR count). The van der Waals surface area contributed by atoms with Gasteiger partial charge in [-0.25, -0.2) is 0 Å². The summed E-state index contributed by atoms with van der Waals surface area (Å²) < 4.78 is 0. The molecular formula is C6H10N2. The van der Waals surface area contributed by atoms with Crippen LogP contribution in [-0.2, 0) is 0 Å². The molecule has 0 bridgehead atoms. The highest BCUT2D eigenvalue weighted by molar-refractivity contribution is 5.70. The lowest BCUT2D eigenvalue weighted by Crippen LogP contribution is -1.78. The first-order valence-electron chi connectivity index (χ1n) is 2.39. The van der Waals surface area contributed by atoms with E-state index in [1.807, 2.05) is 0 Å². The lowest BCUT2D eigenvalue weighted by Gasteiger charge is -1.76. The van der Waals surface area contributed by atoms with Crippen LogP contribution in [0, 0.1) is 0 Å². The number of nitrogens with two attached hydrogens (primary N) is 1. The second kappa shape index (κ2) is 5.95. The molecule has 0 aromatic rings. The molecule has 0 unspecified atom stereocenters. The van der Waals surface area contributed by atoms with Gasteiger partial charge in [-0.1, -0.05) is 12.7 Å². The van der Waals surface area contributed by atoms with Gasteiger partial charge in [0.1, 0.15) is 0 Å². The van der Waals surface area contributed by atoms with E-state index in [0.29, 0.717) is 6.54 Å². The molecule has 0 aliphatic carbocycles. The number of hydrogen-bond donors (Lipinski definition) is 1. The molecule has 0 radical (unpaired) electrons. The van der Waals surface area contributed by atoms with Crippen molar-refractivity contribution in [2.75, 3.05) is 6.54 Å². The van der Waals surface area contributed by atoms with Gasteiger partial charge in [0.05, 0.1) is 6.54 Å². The summed E-state index contributed by atoms with van der Waals surface area (Å²) in [6, 6.07) is 0. The average Bonchev–Trinajstić information content (AvgIpc) is 1.81. The van der Waals surface area contributed by atoms with Crippen molar-refractivity contribution < 1.29 is 0 Å². The van der Waals surface area contributed by atoms with Crippen molar-refractivity contribution in [3.63, 3.8) is 0 Å². The number of aliphatic imine (C=N–C) groups is 1. The van der Waals surface area contributed by atoms with Crippen LogP contribution < -0.4 is 5.73 Å². The fourth-order valence-electron chi connectivity index (χ4n) is 0.257. The molecule has 2 N–H and O–H groups in total. The Kier molecular flexibility index (Phi) is 5.17. The third-order valence-electron chi connectivity index (χ3n) is 0.558. The maximum atomic E-state index is 5.03. The molecule has 0 aliphatic rings. The summed E-state index contributed by atoms with van der Waals surface area (Å²) in [5.41, 5.74) is 5.03. The molecule has 0 amide bonds. The zero-order valence-corrected chi connectivity index (χ0v) is 4.75. The molecule has 0 aromatic carbocycles. The van der Waals surface area contributed by atoms with E-state index >= 15 is 0 Å². The number of allylic oxidation sites excluding steroid dienone is 1. The second-order valence-corrected chi connectivity index (χ2v) is 1.18. The zero-order chi connectivity index (χ0) is 6.24. The van der Waals surface area contributed by atoms with Gasteiger partial charge in [-0.15, -0.1) is 0 Å². The summed E-state index contributed by atoms with van der Waals surface area (Å²) in [5, 5.41) is 0. The van der Waals surface area contributed by atoms with Crippen molar-refractivity contribution in [1.82, 2.24) is 0 Å². The van der Waals surface area contributed by atoms with Crippen LogP contribution >= 0.6 is 0 Å².